The fraction of sp³-hybridized carbons (Fsp3) is 0.368. The summed E-state index contributed by atoms with van der Waals surface area (Å²) in [5.41, 5.74) is 1.84. The van der Waals surface area contributed by atoms with Gasteiger partial charge in [0, 0.05) is 30.7 Å². The summed E-state index contributed by atoms with van der Waals surface area (Å²) in [6, 6.07) is 9.69. The first kappa shape index (κ1) is 19.4. The summed E-state index contributed by atoms with van der Waals surface area (Å²) in [7, 11) is 0. The number of fused-ring (bicyclic) bond motifs is 1. The Labute approximate surface area is 168 Å². The van der Waals surface area contributed by atoms with Crippen LogP contribution in [0.1, 0.15) is 17.2 Å². The average Bonchev–Trinajstić information content (AvgIpc) is 3.10. The largest absolute Gasteiger partial charge is 0.573 e. The van der Waals surface area contributed by atoms with E-state index in [4.69, 9.17) is 9.47 Å². The molecule has 0 aromatic heterocycles. The van der Waals surface area contributed by atoms with Crippen molar-refractivity contribution >= 4 is 15.9 Å². The molecule has 28 heavy (non-hydrogen) atoms. The third kappa shape index (κ3) is 4.21. The zero-order valence-electron chi connectivity index (χ0n) is 14.8. The van der Waals surface area contributed by atoms with Crippen LogP contribution in [-0.4, -0.2) is 44.2 Å². The molecule has 0 unspecified atom stereocenters. The third-order valence-corrected chi connectivity index (χ3v) is 5.42. The maximum absolute atomic E-state index is 12.5. The lowest BCUT2D eigenvalue weighted by Gasteiger charge is -2.36. The number of nitrogens with zero attached hydrogens (tertiary/aromatic N) is 1. The van der Waals surface area contributed by atoms with Gasteiger partial charge >= 0.3 is 6.36 Å². The highest BCUT2D eigenvalue weighted by molar-refractivity contribution is 9.10. The SMILES string of the molecule is FC(F)(F)Oc1ccc([C@@H](c2cc3c(cc2Br)OCO3)N2CCNCC2)cc1. The molecular weight excluding hydrogens is 441 g/mol. The Kier molecular flexibility index (Phi) is 5.39. The van der Waals surface area contributed by atoms with Crippen LogP contribution < -0.4 is 19.5 Å². The third-order valence-electron chi connectivity index (χ3n) is 4.73. The van der Waals surface area contributed by atoms with Crippen LogP contribution in [0.4, 0.5) is 13.2 Å². The molecule has 1 N–H and O–H groups in total. The normalized spacial score (nSPS) is 18.1. The number of benzene rings is 2. The van der Waals surface area contributed by atoms with E-state index in [0.29, 0.717) is 11.5 Å². The van der Waals surface area contributed by atoms with Gasteiger partial charge in [-0.3, -0.25) is 4.90 Å². The second-order valence-electron chi connectivity index (χ2n) is 6.53. The molecule has 2 aliphatic heterocycles. The van der Waals surface area contributed by atoms with Crippen LogP contribution in [0.15, 0.2) is 40.9 Å². The van der Waals surface area contributed by atoms with E-state index in [1.54, 1.807) is 12.1 Å². The first-order valence-corrected chi connectivity index (χ1v) is 9.59. The predicted molar refractivity (Wildman–Crippen MR) is 99.7 cm³/mol. The van der Waals surface area contributed by atoms with Gasteiger partial charge < -0.3 is 19.5 Å². The fourth-order valence-electron chi connectivity index (χ4n) is 3.52. The molecule has 2 heterocycles. The Morgan fingerprint density at radius 2 is 1.68 bits per heavy atom. The highest BCUT2D eigenvalue weighted by Gasteiger charge is 2.32. The van der Waals surface area contributed by atoms with Gasteiger partial charge in [0.2, 0.25) is 6.79 Å². The van der Waals surface area contributed by atoms with Crippen LogP contribution in [0.5, 0.6) is 17.2 Å². The highest BCUT2D eigenvalue weighted by Crippen LogP contribution is 2.42. The average molecular weight is 459 g/mol. The zero-order chi connectivity index (χ0) is 19.7. The number of piperazine rings is 1. The van der Waals surface area contributed by atoms with Gasteiger partial charge in [-0.2, -0.15) is 0 Å². The molecule has 2 aromatic carbocycles. The number of ether oxygens (including phenoxy) is 3. The molecule has 0 bridgehead atoms. The molecule has 0 aliphatic carbocycles. The molecule has 1 atom stereocenters. The Hall–Kier alpha value is -1.97. The van der Waals surface area contributed by atoms with Crippen molar-refractivity contribution in [2.75, 3.05) is 33.0 Å². The van der Waals surface area contributed by atoms with E-state index in [-0.39, 0.29) is 18.6 Å². The van der Waals surface area contributed by atoms with Crippen LogP contribution in [0.2, 0.25) is 0 Å². The van der Waals surface area contributed by atoms with Crippen molar-refractivity contribution in [3.05, 3.63) is 52.0 Å². The van der Waals surface area contributed by atoms with Crippen molar-refractivity contribution in [3.8, 4) is 17.2 Å². The van der Waals surface area contributed by atoms with E-state index in [1.807, 2.05) is 12.1 Å². The second kappa shape index (κ2) is 7.81. The highest BCUT2D eigenvalue weighted by atomic mass is 79.9. The van der Waals surface area contributed by atoms with Crippen LogP contribution >= 0.6 is 15.9 Å². The van der Waals surface area contributed by atoms with Crippen molar-refractivity contribution in [2.24, 2.45) is 0 Å². The van der Waals surface area contributed by atoms with Gasteiger partial charge in [-0.1, -0.05) is 28.1 Å². The second-order valence-corrected chi connectivity index (χ2v) is 7.39. The minimum absolute atomic E-state index is 0.147. The van der Waals surface area contributed by atoms with Crippen LogP contribution in [0.25, 0.3) is 0 Å². The van der Waals surface area contributed by atoms with E-state index in [1.165, 1.54) is 12.1 Å². The fourth-order valence-corrected chi connectivity index (χ4v) is 4.06. The van der Waals surface area contributed by atoms with E-state index < -0.39 is 6.36 Å². The first-order valence-electron chi connectivity index (χ1n) is 8.80. The molecule has 0 radical (unpaired) electrons. The minimum Gasteiger partial charge on any atom is -0.454 e. The van der Waals surface area contributed by atoms with Gasteiger partial charge in [0.05, 0.1) is 6.04 Å². The number of hydrogen-bond donors (Lipinski definition) is 1. The summed E-state index contributed by atoms with van der Waals surface area (Å²) in [6.45, 7) is 3.48. The monoisotopic (exact) mass is 458 g/mol. The molecule has 1 fully saturated rings. The molecule has 2 aliphatic rings. The zero-order valence-corrected chi connectivity index (χ0v) is 16.3. The number of alkyl halides is 3. The summed E-state index contributed by atoms with van der Waals surface area (Å²) >= 11 is 3.62. The van der Waals surface area contributed by atoms with Gasteiger partial charge in [0.1, 0.15) is 5.75 Å². The Balaban J connectivity index is 1.70. The Morgan fingerprint density at radius 3 is 2.32 bits per heavy atom. The summed E-state index contributed by atoms with van der Waals surface area (Å²) in [4.78, 5) is 2.29. The molecule has 0 amide bonds. The maximum Gasteiger partial charge on any atom is 0.573 e. The molecule has 0 saturated carbocycles. The number of halogens is 4. The lowest BCUT2D eigenvalue weighted by Crippen LogP contribution is -2.45. The standard InChI is InChI=1S/C19H18BrF3N2O3/c20-15-10-17-16(26-11-27-17)9-14(15)18(25-7-5-24-6-8-25)12-1-3-13(4-2-12)28-19(21,22)23/h1-4,9-10,18,24H,5-8,11H2/t18-/m0/s1. The van der Waals surface area contributed by atoms with E-state index in [2.05, 4.69) is 30.9 Å². The van der Waals surface area contributed by atoms with Crippen molar-refractivity contribution in [3.63, 3.8) is 0 Å². The molecule has 2 aromatic rings. The molecular formula is C19H18BrF3N2O3. The topological polar surface area (TPSA) is 43.0 Å². The van der Waals surface area contributed by atoms with Gasteiger partial charge in [-0.15, -0.1) is 13.2 Å². The predicted octanol–water partition coefficient (Wildman–Crippen LogP) is 4.07. The summed E-state index contributed by atoms with van der Waals surface area (Å²) in [6.07, 6.45) is -4.71. The summed E-state index contributed by atoms with van der Waals surface area (Å²) < 4.78 is 53.2. The summed E-state index contributed by atoms with van der Waals surface area (Å²) in [5, 5.41) is 3.32. The molecule has 5 nitrogen and oxygen atoms in total. The molecule has 4 rings (SSSR count). The molecule has 0 spiro atoms. The van der Waals surface area contributed by atoms with Crippen LogP contribution in [0, 0.1) is 0 Å². The Morgan fingerprint density at radius 1 is 1.04 bits per heavy atom. The van der Waals surface area contributed by atoms with Gasteiger partial charge in [0.15, 0.2) is 11.5 Å². The van der Waals surface area contributed by atoms with Crippen molar-refractivity contribution in [1.82, 2.24) is 10.2 Å². The molecule has 9 heteroatoms. The van der Waals surface area contributed by atoms with Crippen molar-refractivity contribution in [2.45, 2.75) is 12.4 Å². The lowest BCUT2D eigenvalue weighted by molar-refractivity contribution is -0.274. The smallest absolute Gasteiger partial charge is 0.454 e. The van der Waals surface area contributed by atoms with E-state index in [9.17, 15) is 13.2 Å². The number of hydrogen-bond acceptors (Lipinski definition) is 5. The van der Waals surface area contributed by atoms with Crippen LogP contribution in [-0.2, 0) is 0 Å². The number of rotatable bonds is 4. The quantitative estimate of drug-likeness (QED) is 0.747. The van der Waals surface area contributed by atoms with Gasteiger partial charge in [0.25, 0.3) is 0 Å². The van der Waals surface area contributed by atoms with E-state index in [0.717, 1.165) is 41.8 Å². The van der Waals surface area contributed by atoms with Gasteiger partial charge in [-0.25, -0.2) is 0 Å². The van der Waals surface area contributed by atoms with Crippen LogP contribution in [0.3, 0.4) is 0 Å². The Bertz CT molecular complexity index is 840. The van der Waals surface area contributed by atoms with Crippen molar-refractivity contribution in [1.29, 1.82) is 0 Å². The maximum atomic E-state index is 12.5. The number of nitrogens with one attached hydrogen (secondary N) is 1. The van der Waals surface area contributed by atoms with E-state index >= 15 is 0 Å². The summed E-state index contributed by atoms with van der Waals surface area (Å²) in [5.74, 6) is 1.10. The molecule has 150 valence electrons. The van der Waals surface area contributed by atoms with Gasteiger partial charge in [-0.05, 0) is 35.4 Å². The first-order chi connectivity index (χ1) is 13.4. The molecule has 1 saturated heterocycles. The minimum atomic E-state index is -4.71. The van der Waals surface area contributed by atoms with Crippen molar-refractivity contribution < 1.29 is 27.4 Å². The lowest BCUT2D eigenvalue weighted by atomic mass is 9.96.